The van der Waals surface area contributed by atoms with Crippen molar-refractivity contribution in [2.45, 2.75) is 78.1 Å². The third kappa shape index (κ3) is 33.2. The van der Waals surface area contributed by atoms with Gasteiger partial charge in [-0.3, -0.25) is 4.79 Å². The molecule has 0 saturated heterocycles. The Morgan fingerprint density at radius 2 is 0.703 bits per heavy atom. The summed E-state index contributed by atoms with van der Waals surface area (Å²) in [6.45, 7) is 12.4. The molecule has 9 heteroatoms. The Morgan fingerprint density at radius 1 is 0.378 bits per heavy atom. The van der Waals surface area contributed by atoms with E-state index in [-0.39, 0.29) is 5.97 Å². The molecule has 0 aromatic rings. The highest BCUT2D eigenvalue weighted by molar-refractivity contribution is 5.69. The lowest BCUT2D eigenvalue weighted by molar-refractivity contribution is -0.145. The number of carbonyl (C=O) groups excluding carboxylic acids is 1. The van der Waals surface area contributed by atoms with Gasteiger partial charge in [0.2, 0.25) is 0 Å². The van der Waals surface area contributed by atoms with E-state index in [2.05, 4.69) is 13.8 Å². The zero-order valence-corrected chi connectivity index (χ0v) is 23.9. The molecule has 222 valence electrons. The molecular formula is C28H56O9. The van der Waals surface area contributed by atoms with E-state index in [1.807, 2.05) is 0 Å². The summed E-state index contributed by atoms with van der Waals surface area (Å²) in [5.41, 5.74) is 0. The van der Waals surface area contributed by atoms with E-state index in [1.54, 1.807) is 0 Å². The smallest absolute Gasteiger partial charge is 0.305 e. The van der Waals surface area contributed by atoms with Crippen LogP contribution in [0.3, 0.4) is 0 Å². The number of unbranched alkanes of at least 4 members (excludes halogenated alkanes) is 7. The molecule has 0 aromatic heterocycles. The van der Waals surface area contributed by atoms with E-state index in [4.69, 9.17) is 37.9 Å². The Balaban J connectivity index is 3.08. The molecule has 0 rings (SSSR count). The molecule has 0 atom stereocenters. The lowest BCUT2D eigenvalue weighted by atomic mass is 10.1. The van der Waals surface area contributed by atoms with E-state index >= 15 is 0 Å². The Bertz CT molecular complexity index is 438. The van der Waals surface area contributed by atoms with Crippen LogP contribution in [0.5, 0.6) is 0 Å². The molecule has 0 N–H and O–H groups in total. The van der Waals surface area contributed by atoms with Gasteiger partial charge in [0.1, 0.15) is 6.61 Å². The Kier molecular flexibility index (Phi) is 32.5. The number of ether oxygens (including phenoxy) is 8. The highest BCUT2D eigenvalue weighted by Crippen LogP contribution is 2.05. The predicted octanol–water partition coefficient (Wildman–Crippen LogP) is 4.59. The summed E-state index contributed by atoms with van der Waals surface area (Å²) in [5, 5.41) is 0. The highest BCUT2D eigenvalue weighted by Gasteiger charge is 2.02. The molecule has 0 aliphatic rings. The summed E-state index contributed by atoms with van der Waals surface area (Å²) in [7, 11) is 0. The van der Waals surface area contributed by atoms with Crippen LogP contribution < -0.4 is 0 Å². The number of rotatable bonds is 32. The van der Waals surface area contributed by atoms with Crippen LogP contribution in [0.15, 0.2) is 0 Å². The zero-order valence-electron chi connectivity index (χ0n) is 23.9. The first-order chi connectivity index (χ1) is 18.3. The highest BCUT2D eigenvalue weighted by atomic mass is 16.6. The van der Waals surface area contributed by atoms with Crippen molar-refractivity contribution in [3.63, 3.8) is 0 Å². The molecule has 0 bridgehead atoms. The van der Waals surface area contributed by atoms with Crippen molar-refractivity contribution in [3.05, 3.63) is 0 Å². The lowest BCUT2D eigenvalue weighted by Gasteiger charge is -2.09. The molecule has 0 aliphatic heterocycles. The van der Waals surface area contributed by atoms with Gasteiger partial charge in [0.05, 0.1) is 85.9 Å². The maximum atomic E-state index is 11.6. The third-order valence-corrected chi connectivity index (χ3v) is 5.35. The second-order valence-corrected chi connectivity index (χ2v) is 8.73. The molecule has 0 amide bonds. The van der Waals surface area contributed by atoms with Crippen LogP contribution in [0.4, 0.5) is 0 Å². The minimum Gasteiger partial charge on any atom is -0.463 e. The van der Waals surface area contributed by atoms with E-state index in [0.29, 0.717) is 98.9 Å². The molecule has 0 aliphatic carbocycles. The second kappa shape index (κ2) is 33.2. The topological polar surface area (TPSA) is 90.9 Å². The molecule has 37 heavy (non-hydrogen) atoms. The monoisotopic (exact) mass is 536 g/mol. The van der Waals surface area contributed by atoms with Crippen molar-refractivity contribution < 1.29 is 42.7 Å². The first-order valence-corrected chi connectivity index (χ1v) is 14.5. The predicted molar refractivity (Wildman–Crippen MR) is 144 cm³/mol. The fraction of sp³-hybridized carbons (Fsp3) is 0.964. The largest absolute Gasteiger partial charge is 0.463 e. The van der Waals surface area contributed by atoms with Crippen molar-refractivity contribution in [2.24, 2.45) is 0 Å². The molecule has 0 fully saturated rings. The van der Waals surface area contributed by atoms with Crippen molar-refractivity contribution >= 4 is 5.97 Å². The van der Waals surface area contributed by atoms with Crippen LogP contribution in [-0.2, 0) is 42.7 Å². The molecule has 0 radical (unpaired) electrons. The average Bonchev–Trinajstić information content (AvgIpc) is 2.90. The van der Waals surface area contributed by atoms with Crippen LogP contribution >= 0.6 is 0 Å². The van der Waals surface area contributed by atoms with Gasteiger partial charge in [-0.2, -0.15) is 0 Å². The van der Waals surface area contributed by atoms with Crippen LogP contribution in [0.1, 0.15) is 78.1 Å². The lowest BCUT2D eigenvalue weighted by Crippen LogP contribution is -2.15. The first-order valence-electron chi connectivity index (χ1n) is 14.5. The fourth-order valence-corrected chi connectivity index (χ4v) is 3.21. The van der Waals surface area contributed by atoms with E-state index in [1.165, 1.54) is 38.5 Å². The number of hydrogen-bond acceptors (Lipinski definition) is 9. The normalized spacial score (nSPS) is 11.3. The summed E-state index contributed by atoms with van der Waals surface area (Å²) in [6.07, 6.45) is 11.0. The van der Waals surface area contributed by atoms with Crippen molar-refractivity contribution in [3.8, 4) is 0 Å². The van der Waals surface area contributed by atoms with Gasteiger partial charge in [-0.1, -0.05) is 58.8 Å². The first kappa shape index (κ1) is 36.2. The van der Waals surface area contributed by atoms with E-state index in [9.17, 15) is 4.79 Å². The standard InChI is InChI=1S/C28H56O9/c1-3-5-7-9-10-12-28(29)37-27-26-36-25-24-35-23-22-34-21-20-33-19-18-32-17-16-31-15-14-30-13-11-8-6-4-2/h3-27H2,1-2H3. The average molecular weight is 537 g/mol. The Morgan fingerprint density at radius 3 is 1.11 bits per heavy atom. The Labute approximate surface area is 226 Å². The maximum Gasteiger partial charge on any atom is 0.305 e. The van der Waals surface area contributed by atoms with Gasteiger partial charge >= 0.3 is 5.97 Å². The van der Waals surface area contributed by atoms with Gasteiger partial charge in [-0.25, -0.2) is 0 Å². The van der Waals surface area contributed by atoms with Gasteiger partial charge in [0.15, 0.2) is 0 Å². The summed E-state index contributed by atoms with van der Waals surface area (Å²) in [5.74, 6) is -0.139. The van der Waals surface area contributed by atoms with Crippen molar-refractivity contribution in [1.29, 1.82) is 0 Å². The van der Waals surface area contributed by atoms with Crippen molar-refractivity contribution in [2.75, 3.05) is 99.1 Å². The molecule has 0 saturated carbocycles. The quantitative estimate of drug-likeness (QED) is 0.0904. The second-order valence-electron chi connectivity index (χ2n) is 8.73. The van der Waals surface area contributed by atoms with Gasteiger partial charge in [-0.05, 0) is 12.8 Å². The summed E-state index contributed by atoms with van der Waals surface area (Å²) >= 11 is 0. The van der Waals surface area contributed by atoms with Gasteiger partial charge in [0.25, 0.3) is 0 Å². The van der Waals surface area contributed by atoms with Crippen LogP contribution in [0.25, 0.3) is 0 Å². The van der Waals surface area contributed by atoms with Crippen LogP contribution in [0, 0.1) is 0 Å². The molecule has 0 spiro atoms. The number of esters is 1. The van der Waals surface area contributed by atoms with Crippen LogP contribution in [-0.4, -0.2) is 105 Å². The van der Waals surface area contributed by atoms with Crippen molar-refractivity contribution in [1.82, 2.24) is 0 Å². The molecule has 0 heterocycles. The molecular weight excluding hydrogens is 480 g/mol. The van der Waals surface area contributed by atoms with Crippen LogP contribution in [0.2, 0.25) is 0 Å². The molecule has 9 nitrogen and oxygen atoms in total. The maximum absolute atomic E-state index is 11.6. The van der Waals surface area contributed by atoms with Gasteiger partial charge in [0, 0.05) is 13.0 Å². The fourth-order valence-electron chi connectivity index (χ4n) is 3.21. The Hall–Kier alpha value is -0.810. The zero-order chi connectivity index (χ0) is 26.9. The van der Waals surface area contributed by atoms with Gasteiger partial charge in [-0.15, -0.1) is 0 Å². The van der Waals surface area contributed by atoms with Gasteiger partial charge < -0.3 is 37.9 Å². The van der Waals surface area contributed by atoms with E-state index < -0.39 is 0 Å². The number of hydrogen-bond donors (Lipinski definition) is 0. The summed E-state index contributed by atoms with van der Waals surface area (Å²) < 4.78 is 43.4. The SMILES string of the molecule is CCCCCCCC(=O)OCCOCCOCCOCCOCCOCCOCCOCCCCCC. The molecule has 0 aromatic carbocycles. The summed E-state index contributed by atoms with van der Waals surface area (Å²) in [6, 6.07) is 0. The molecule has 0 unspecified atom stereocenters. The minimum absolute atomic E-state index is 0.139. The summed E-state index contributed by atoms with van der Waals surface area (Å²) in [4.78, 5) is 11.6. The van der Waals surface area contributed by atoms with E-state index in [0.717, 1.165) is 25.9 Å². The number of carbonyl (C=O) groups is 1. The third-order valence-electron chi connectivity index (χ3n) is 5.35. The minimum atomic E-state index is -0.139.